The summed E-state index contributed by atoms with van der Waals surface area (Å²) in [5.41, 5.74) is 2.46. The van der Waals surface area contributed by atoms with Crippen molar-refractivity contribution in [3.8, 4) is 17.2 Å². The summed E-state index contributed by atoms with van der Waals surface area (Å²) in [7, 11) is 1.58. The number of carbonyl (C=O) groups excluding carboxylic acids is 1. The fourth-order valence-corrected chi connectivity index (χ4v) is 3.78. The van der Waals surface area contributed by atoms with Gasteiger partial charge in [-0.25, -0.2) is 0 Å². The van der Waals surface area contributed by atoms with Crippen LogP contribution in [0.2, 0.25) is 0 Å². The highest BCUT2D eigenvalue weighted by molar-refractivity contribution is 6.06. The van der Waals surface area contributed by atoms with Crippen LogP contribution in [0, 0.1) is 0 Å². The maximum atomic E-state index is 13.6. The van der Waals surface area contributed by atoms with Gasteiger partial charge < -0.3 is 24.8 Å². The van der Waals surface area contributed by atoms with Crippen LogP contribution in [0.5, 0.6) is 17.2 Å². The molecule has 0 aliphatic carbocycles. The molecule has 2 heterocycles. The van der Waals surface area contributed by atoms with Gasteiger partial charge in [0.15, 0.2) is 11.5 Å². The second-order valence-electron chi connectivity index (χ2n) is 7.24. The van der Waals surface area contributed by atoms with Gasteiger partial charge in [0.25, 0.3) is 5.91 Å². The van der Waals surface area contributed by atoms with Crippen molar-refractivity contribution in [3.63, 3.8) is 0 Å². The predicted molar refractivity (Wildman–Crippen MR) is 123 cm³/mol. The van der Waals surface area contributed by atoms with Gasteiger partial charge in [0.2, 0.25) is 5.95 Å². The monoisotopic (exact) mass is 450 g/mol. The highest BCUT2D eigenvalue weighted by Gasteiger charge is 2.34. The van der Waals surface area contributed by atoms with E-state index in [0.717, 1.165) is 5.56 Å². The number of carbonyl (C=O) groups is 1. The molecule has 1 amide bonds. The normalized spacial score (nSPS) is 14.8. The molecule has 2 aromatic carbocycles. The second kappa shape index (κ2) is 9.60. The molecule has 2 N–H and O–H groups in total. The van der Waals surface area contributed by atoms with E-state index in [1.807, 2.05) is 57.2 Å². The first kappa shape index (κ1) is 22.1. The van der Waals surface area contributed by atoms with Gasteiger partial charge >= 0.3 is 0 Å². The number of amides is 1. The summed E-state index contributed by atoms with van der Waals surface area (Å²) >= 11 is 0. The summed E-state index contributed by atoms with van der Waals surface area (Å²) in [6.45, 7) is 6.61. The largest absolute Gasteiger partial charge is 0.493 e. The molecular formula is C23H26N6O4. The smallest absolute Gasteiger partial charge is 0.255 e. The molecule has 1 aliphatic heterocycles. The number of ether oxygens (including phenoxy) is 3. The standard InChI is InChI=1S/C23H26N6O4/c1-5-32-17-10-8-7-9-16(17)25-22(30)20-14(3)24-23-26-27-28-29(23)21(20)15-11-12-18(33-6-2)19(13-15)31-4/h7-13,21H,5-6H2,1-4H3,(H,25,30)(H,24,26,28). The molecule has 33 heavy (non-hydrogen) atoms. The number of nitrogens with one attached hydrogen (secondary N) is 2. The van der Waals surface area contributed by atoms with Crippen molar-refractivity contribution in [3.05, 3.63) is 59.3 Å². The number of methoxy groups -OCH3 is 1. The Morgan fingerprint density at radius 3 is 2.61 bits per heavy atom. The number of rotatable bonds is 8. The molecule has 10 heteroatoms. The van der Waals surface area contributed by atoms with E-state index < -0.39 is 6.04 Å². The predicted octanol–water partition coefficient (Wildman–Crippen LogP) is 3.41. The minimum atomic E-state index is -0.583. The first-order valence-corrected chi connectivity index (χ1v) is 10.7. The van der Waals surface area contributed by atoms with E-state index in [2.05, 4.69) is 26.2 Å². The third-order valence-corrected chi connectivity index (χ3v) is 5.20. The van der Waals surface area contributed by atoms with Gasteiger partial charge in [-0.05, 0) is 61.0 Å². The lowest BCUT2D eigenvalue weighted by Crippen LogP contribution is -2.31. The Kier molecular flexibility index (Phi) is 6.43. The van der Waals surface area contributed by atoms with Crippen molar-refractivity contribution in [2.24, 2.45) is 0 Å². The number of para-hydroxylation sites is 2. The third kappa shape index (κ3) is 4.32. The summed E-state index contributed by atoms with van der Waals surface area (Å²) in [5, 5.41) is 18.0. The molecule has 3 aromatic rings. The van der Waals surface area contributed by atoms with Crippen LogP contribution in [-0.4, -0.2) is 46.4 Å². The van der Waals surface area contributed by atoms with Gasteiger partial charge in [0, 0.05) is 5.70 Å². The van der Waals surface area contributed by atoms with E-state index in [1.54, 1.807) is 17.9 Å². The van der Waals surface area contributed by atoms with Gasteiger partial charge in [-0.3, -0.25) is 4.79 Å². The van der Waals surface area contributed by atoms with Crippen LogP contribution in [0.4, 0.5) is 11.6 Å². The molecule has 0 spiro atoms. The maximum Gasteiger partial charge on any atom is 0.255 e. The number of tetrazole rings is 1. The Morgan fingerprint density at radius 1 is 1.09 bits per heavy atom. The molecule has 10 nitrogen and oxygen atoms in total. The molecule has 0 saturated heterocycles. The zero-order valence-electron chi connectivity index (χ0n) is 19.0. The van der Waals surface area contributed by atoms with Gasteiger partial charge in [0.05, 0.1) is 31.6 Å². The van der Waals surface area contributed by atoms with Crippen molar-refractivity contribution in [1.29, 1.82) is 0 Å². The molecule has 1 aromatic heterocycles. The van der Waals surface area contributed by atoms with E-state index in [4.69, 9.17) is 14.2 Å². The first-order chi connectivity index (χ1) is 16.1. The van der Waals surface area contributed by atoms with Crippen LogP contribution in [-0.2, 0) is 4.79 Å². The van der Waals surface area contributed by atoms with Crippen LogP contribution >= 0.6 is 0 Å². The molecule has 1 unspecified atom stereocenters. The zero-order chi connectivity index (χ0) is 23.4. The number of hydrogen-bond acceptors (Lipinski definition) is 8. The summed E-state index contributed by atoms with van der Waals surface area (Å²) in [4.78, 5) is 13.6. The molecule has 0 bridgehead atoms. The Balaban J connectivity index is 1.76. The molecular weight excluding hydrogens is 424 g/mol. The van der Waals surface area contributed by atoms with Gasteiger partial charge in [-0.1, -0.05) is 23.3 Å². The molecule has 1 aliphatic rings. The maximum absolute atomic E-state index is 13.6. The lowest BCUT2D eigenvalue weighted by molar-refractivity contribution is -0.113. The van der Waals surface area contributed by atoms with E-state index >= 15 is 0 Å². The van der Waals surface area contributed by atoms with Crippen molar-refractivity contribution in [2.75, 3.05) is 31.0 Å². The summed E-state index contributed by atoms with van der Waals surface area (Å²) < 4.78 is 18.4. The molecule has 1 atom stereocenters. The fourth-order valence-electron chi connectivity index (χ4n) is 3.78. The van der Waals surface area contributed by atoms with Gasteiger partial charge in [-0.2, -0.15) is 4.68 Å². The SMILES string of the molecule is CCOc1ccccc1NC(=O)C1=C(C)Nc2nnnn2C1c1ccc(OCC)c(OC)c1. The Labute approximate surface area is 191 Å². The van der Waals surface area contributed by atoms with E-state index in [-0.39, 0.29) is 5.91 Å². The first-order valence-electron chi connectivity index (χ1n) is 10.7. The molecule has 0 saturated carbocycles. The van der Waals surface area contributed by atoms with Crippen molar-refractivity contribution in [1.82, 2.24) is 20.2 Å². The van der Waals surface area contributed by atoms with Crippen LogP contribution in [0.15, 0.2) is 53.7 Å². The minimum Gasteiger partial charge on any atom is -0.493 e. The molecule has 172 valence electrons. The summed E-state index contributed by atoms with van der Waals surface area (Å²) in [6.07, 6.45) is 0. The fraction of sp³-hybridized carbons (Fsp3) is 0.304. The average molecular weight is 450 g/mol. The topological polar surface area (TPSA) is 112 Å². The van der Waals surface area contributed by atoms with Gasteiger partial charge in [-0.15, -0.1) is 0 Å². The third-order valence-electron chi connectivity index (χ3n) is 5.20. The number of aromatic nitrogens is 4. The Morgan fingerprint density at radius 2 is 1.85 bits per heavy atom. The molecule has 0 fully saturated rings. The number of benzene rings is 2. The van der Waals surface area contributed by atoms with E-state index in [0.29, 0.717) is 53.4 Å². The molecule has 4 rings (SSSR count). The van der Waals surface area contributed by atoms with E-state index in [1.165, 1.54) is 0 Å². The zero-order valence-corrected chi connectivity index (χ0v) is 19.0. The minimum absolute atomic E-state index is 0.300. The van der Waals surface area contributed by atoms with Crippen LogP contribution < -0.4 is 24.8 Å². The number of hydrogen-bond donors (Lipinski definition) is 2. The van der Waals surface area contributed by atoms with Crippen molar-refractivity contribution < 1.29 is 19.0 Å². The summed E-state index contributed by atoms with van der Waals surface area (Å²) in [5.74, 6) is 1.91. The van der Waals surface area contributed by atoms with Crippen molar-refractivity contribution in [2.45, 2.75) is 26.8 Å². The molecule has 0 radical (unpaired) electrons. The van der Waals surface area contributed by atoms with Crippen LogP contribution in [0.3, 0.4) is 0 Å². The lowest BCUT2D eigenvalue weighted by atomic mass is 9.94. The van der Waals surface area contributed by atoms with Gasteiger partial charge in [0.1, 0.15) is 11.8 Å². The highest BCUT2D eigenvalue weighted by atomic mass is 16.5. The van der Waals surface area contributed by atoms with E-state index in [9.17, 15) is 4.79 Å². The highest BCUT2D eigenvalue weighted by Crippen LogP contribution is 2.39. The lowest BCUT2D eigenvalue weighted by Gasteiger charge is -2.28. The Bertz CT molecular complexity index is 1190. The van der Waals surface area contributed by atoms with Crippen LogP contribution in [0.1, 0.15) is 32.4 Å². The van der Waals surface area contributed by atoms with Crippen LogP contribution in [0.25, 0.3) is 0 Å². The number of anilines is 2. The number of nitrogens with zero attached hydrogens (tertiary/aromatic N) is 4. The number of fused-ring (bicyclic) bond motifs is 1. The second-order valence-corrected chi connectivity index (χ2v) is 7.24. The van der Waals surface area contributed by atoms with Crippen molar-refractivity contribution >= 4 is 17.5 Å². The quantitative estimate of drug-likeness (QED) is 0.537. The number of allylic oxidation sites excluding steroid dienone is 1. The summed E-state index contributed by atoms with van der Waals surface area (Å²) in [6, 6.07) is 12.3. The average Bonchev–Trinajstić information content (AvgIpc) is 3.28. The Hall–Kier alpha value is -4.08.